The Balaban J connectivity index is 1.57. The Labute approximate surface area is 188 Å². The van der Waals surface area contributed by atoms with Crippen LogP contribution in [0.5, 0.6) is 0 Å². The maximum absolute atomic E-state index is 6.48. The highest BCUT2D eigenvalue weighted by molar-refractivity contribution is 7.99. The zero-order chi connectivity index (χ0) is 21.5. The van der Waals surface area contributed by atoms with Crippen LogP contribution in [0.3, 0.4) is 0 Å². The average Bonchev–Trinajstić information content (AvgIpc) is 2.82. The Morgan fingerprint density at radius 2 is 1.74 bits per heavy atom. The van der Waals surface area contributed by atoms with E-state index in [1.54, 1.807) is 17.8 Å². The maximum Gasteiger partial charge on any atom is 0.184 e. The van der Waals surface area contributed by atoms with E-state index in [-0.39, 0.29) is 29.9 Å². The number of benzene rings is 2. The third-order valence-electron chi connectivity index (χ3n) is 5.38. The molecule has 6 atom stereocenters. The summed E-state index contributed by atoms with van der Waals surface area (Å²) in [6.07, 6.45) is 0.218. The van der Waals surface area contributed by atoms with Crippen LogP contribution < -0.4 is 0 Å². The molecule has 0 aliphatic carbocycles. The summed E-state index contributed by atoms with van der Waals surface area (Å²) in [5.41, 5.74) is 1.93. The quantitative estimate of drug-likeness (QED) is 0.523. The van der Waals surface area contributed by atoms with Crippen molar-refractivity contribution in [2.75, 3.05) is 19.0 Å². The predicted molar refractivity (Wildman–Crippen MR) is 122 cm³/mol. The highest BCUT2D eigenvalue weighted by Gasteiger charge is 2.51. The van der Waals surface area contributed by atoms with Crippen molar-refractivity contribution in [3.8, 4) is 0 Å². The van der Waals surface area contributed by atoms with Crippen molar-refractivity contribution < 1.29 is 23.7 Å². The van der Waals surface area contributed by atoms with Gasteiger partial charge in [-0.2, -0.15) is 0 Å². The van der Waals surface area contributed by atoms with E-state index in [2.05, 4.69) is 25.6 Å². The highest BCUT2D eigenvalue weighted by Crippen LogP contribution is 2.39. The number of rotatable bonds is 9. The Morgan fingerprint density at radius 1 is 1.00 bits per heavy atom. The molecule has 2 heterocycles. The van der Waals surface area contributed by atoms with Crippen molar-refractivity contribution >= 4 is 11.8 Å². The number of fused-ring (bicyclic) bond motifs is 1. The van der Waals surface area contributed by atoms with Crippen molar-refractivity contribution in [2.45, 2.75) is 49.7 Å². The molecular weight excluding hydrogens is 412 g/mol. The van der Waals surface area contributed by atoms with E-state index in [0.29, 0.717) is 19.8 Å². The minimum atomic E-state index is -0.454. The molecule has 0 amide bonds. The minimum Gasteiger partial charge on any atom is -0.368 e. The molecule has 0 saturated carbocycles. The molecule has 0 bridgehead atoms. The summed E-state index contributed by atoms with van der Waals surface area (Å²) >= 11 is 1.72. The molecule has 0 N–H and O–H groups in total. The second-order valence-corrected chi connectivity index (χ2v) is 8.90. The van der Waals surface area contributed by atoms with Crippen LogP contribution in [0, 0.1) is 0 Å². The summed E-state index contributed by atoms with van der Waals surface area (Å²) < 4.78 is 31.5. The van der Waals surface area contributed by atoms with Crippen LogP contribution >= 0.6 is 11.8 Å². The van der Waals surface area contributed by atoms with Crippen LogP contribution in [0.25, 0.3) is 0 Å². The molecule has 0 radical (unpaired) electrons. The first-order chi connectivity index (χ1) is 15.3. The van der Waals surface area contributed by atoms with Gasteiger partial charge in [0.05, 0.1) is 19.8 Å². The van der Waals surface area contributed by atoms with Crippen LogP contribution in [0.1, 0.15) is 24.3 Å². The second-order valence-electron chi connectivity index (χ2n) is 7.52. The van der Waals surface area contributed by atoms with Gasteiger partial charge in [-0.3, -0.25) is 0 Å². The van der Waals surface area contributed by atoms with E-state index in [0.717, 1.165) is 16.9 Å². The second kappa shape index (κ2) is 11.3. The minimum absolute atomic E-state index is 0.160. The summed E-state index contributed by atoms with van der Waals surface area (Å²) in [5.74, 6) is 0.912. The Morgan fingerprint density at radius 3 is 2.45 bits per heavy atom. The Hall–Kier alpha value is -1.67. The molecule has 0 aromatic heterocycles. The van der Waals surface area contributed by atoms with Gasteiger partial charge in [-0.25, -0.2) is 0 Å². The molecule has 6 heteroatoms. The average molecular weight is 443 g/mol. The number of hydrogen-bond acceptors (Lipinski definition) is 6. The molecule has 4 rings (SSSR count). The van der Waals surface area contributed by atoms with E-state index in [9.17, 15) is 0 Å². The zero-order valence-electron chi connectivity index (χ0n) is 17.8. The fourth-order valence-corrected chi connectivity index (χ4v) is 4.91. The van der Waals surface area contributed by atoms with E-state index >= 15 is 0 Å². The van der Waals surface area contributed by atoms with Gasteiger partial charge in [0.1, 0.15) is 29.9 Å². The van der Waals surface area contributed by atoms with Crippen molar-refractivity contribution in [1.29, 1.82) is 0 Å². The van der Waals surface area contributed by atoms with Crippen LogP contribution in [-0.4, -0.2) is 48.8 Å². The molecular formula is C25H30O5S. The fourth-order valence-electron chi connectivity index (χ4n) is 3.94. The molecule has 31 heavy (non-hydrogen) atoms. The van der Waals surface area contributed by atoms with Crippen LogP contribution in [0.2, 0.25) is 0 Å². The molecule has 0 spiro atoms. The van der Waals surface area contributed by atoms with Crippen LogP contribution in [-0.2, 0) is 30.3 Å². The normalized spacial score (nSPS) is 30.5. The molecule has 0 unspecified atom stereocenters. The summed E-state index contributed by atoms with van der Waals surface area (Å²) in [6, 6.07) is 20.1. The summed E-state index contributed by atoms with van der Waals surface area (Å²) in [6.45, 7) is 7.27. The number of hydrogen-bond donors (Lipinski definition) is 0. The topological polar surface area (TPSA) is 46.2 Å². The van der Waals surface area contributed by atoms with E-state index in [1.165, 1.54) is 0 Å². The molecule has 2 aliphatic rings. The monoisotopic (exact) mass is 442 g/mol. The van der Waals surface area contributed by atoms with Gasteiger partial charge in [0, 0.05) is 5.56 Å². The van der Waals surface area contributed by atoms with Crippen molar-refractivity contribution in [3.05, 3.63) is 84.4 Å². The summed E-state index contributed by atoms with van der Waals surface area (Å²) in [7, 11) is 0. The van der Waals surface area contributed by atoms with E-state index < -0.39 is 6.29 Å². The Kier molecular flexibility index (Phi) is 8.19. The van der Waals surface area contributed by atoms with Gasteiger partial charge in [-0.15, -0.1) is 18.3 Å². The first-order valence-corrected chi connectivity index (χ1v) is 11.8. The van der Waals surface area contributed by atoms with Gasteiger partial charge in [0.25, 0.3) is 0 Å². The van der Waals surface area contributed by atoms with Gasteiger partial charge in [-0.1, -0.05) is 73.7 Å². The standard InChI is InChI=1S/C25H30O5S/c1-3-15-26-23-22(27-16-18-11-7-5-8-12-18)21-20(29-25(23)31-4-2)17-28-24(30-21)19-13-9-6-10-14-19/h3,5-14,20-25H,1,4,15-17H2,2H3/t20-,21-,22+,23+,24-,25-/m1/s1. The third-order valence-corrected chi connectivity index (χ3v) is 6.42. The lowest BCUT2D eigenvalue weighted by Gasteiger charge is -2.49. The number of ether oxygens (including phenoxy) is 5. The van der Waals surface area contributed by atoms with Crippen molar-refractivity contribution in [2.24, 2.45) is 0 Å². The lowest BCUT2D eigenvalue weighted by molar-refractivity contribution is -0.328. The molecule has 2 fully saturated rings. The van der Waals surface area contributed by atoms with Gasteiger partial charge < -0.3 is 23.7 Å². The van der Waals surface area contributed by atoms with Crippen LogP contribution in [0.4, 0.5) is 0 Å². The van der Waals surface area contributed by atoms with Gasteiger partial charge in [0.15, 0.2) is 6.29 Å². The highest BCUT2D eigenvalue weighted by atomic mass is 32.2. The van der Waals surface area contributed by atoms with Gasteiger partial charge in [0.2, 0.25) is 0 Å². The molecule has 166 valence electrons. The lowest BCUT2D eigenvalue weighted by atomic mass is 9.98. The van der Waals surface area contributed by atoms with Gasteiger partial charge >= 0.3 is 0 Å². The lowest BCUT2D eigenvalue weighted by Crippen LogP contribution is -2.62. The third kappa shape index (κ3) is 5.58. The molecule has 2 saturated heterocycles. The Bertz CT molecular complexity index is 802. The zero-order valence-corrected chi connectivity index (χ0v) is 18.6. The predicted octanol–water partition coefficient (Wildman–Crippen LogP) is 4.74. The SMILES string of the molecule is C=CCO[C@H]1[C@@H](OCc2ccccc2)[C@@H]2O[C@H](c3ccccc3)OC[C@H]2O[C@@H]1SCC. The summed E-state index contributed by atoms with van der Waals surface area (Å²) in [5, 5.41) is 0. The van der Waals surface area contributed by atoms with E-state index in [4.69, 9.17) is 23.7 Å². The number of thioether (sulfide) groups is 1. The molecule has 2 aromatic carbocycles. The van der Waals surface area contributed by atoms with E-state index in [1.807, 2.05) is 48.5 Å². The first kappa shape index (κ1) is 22.5. The summed E-state index contributed by atoms with van der Waals surface area (Å²) in [4.78, 5) is 0. The first-order valence-electron chi connectivity index (χ1n) is 10.8. The molecule has 2 aromatic rings. The van der Waals surface area contributed by atoms with Crippen LogP contribution in [0.15, 0.2) is 73.3 Å². The largest absolute Gasteiger partial charge is 0.368 e. The maximum atomic E-state index is 6.48. The van der Waals surface area contributed by atoms with Crippen molar-refractivity contribution in [1.82, 2.24) is 0 Å². The van der Waals surface area contributed by atoms with Crippen molar-refractivity contribution in [3.63, 3.8) is 0 Å². The smallest absolute Gasteiger partial charge is 0.184 e. The molecule has 2 aliphatic heterocycles. The van der Waals surface area contributed by atoms with Gasteiger partial charge in [-0.05, 0) is 11.3 Å². The molecule has 5 nitrogen and oxygen atoms in total. The fraction of sp³-hybridized carbons (Fsp3) is 0.440.